The molecule has 2 fully saturated rings. The molecule has 0 bridgehead atoms. The molecule has 2 aliphatic rings. The summed E-state index contributed by atoms with van der Waals surface area (Å²) >= 11 is 0. The fourth-order valence-corrected chi connectivity index (χ4v) is 3.10. The molecule has 104 valence electrons. The molecule has 3 rings (SSSR count). The Bertz CT molecular complexity index is 477. The molecule has 0 radical (unpaired) electrons. The van der Waals surface area contributed by atoms with Crippen LogP contribution in [0.5, 0.6) is 0 Å². The van der Waals surface area contributed by atoms with E-state index in [0.29, 0.717) is 23.7 Å². The van der Waals surface area contributed by atoms with Gasteiger partial charge in [0.25, 0.3) is 0 Å². The minimum atomic E-state index is 0.563. The van der Waals surface area contributed by atoms with E-state index in [2.05, 4.69) is 25.3 Å². The number of aliphatic imine (C=N–C) groups is 1. The number of nitrogens with one attached hydrogen (secondary N) is 1. The van der Waals surface area contributed by atoms with Crippen molar-refractivity contribution in [3.63, 3.8) is 0 Å². The van der Waals surface area contributed by atoms with Gasteiger partial charge in [0.05, 0.1) is 6.54 Å². The zero-order chi connectivity index (χ0) is 13.3. The van der Waals surface area contributed by atoms with Gasteiger partial charge in [0, 0.05) is 27.1 Å². The predicted octanol–water partition coefficient (Wildman–Crippen LogP) is 1.33. The summed E-state index contributed by atoms with van der Waals surface area (Å²) in [4.78, 5) is 10.9. The molecular weight excluding hydrogens is 242 g/mol. The highest BCUT2D eigenvalue weighted by Gasteiger charge is 2.43. The molecule has 0 atom stereocenters. The summed E-state index contributed by atoms with van der Waals surface area (Å²) in [5, 5.41) is 7.20. The highest BCUT2D eigenvalue weighted by molar-refractivity contribution is 5.80. The Labute approximate surface area is 113 Å². The van der Waals surface area contributed by atoms with Crippen molar-refractivity contribution in [2.24, 2.45) is 10.4 Å². The summed E-state index contributed by atoms with van der Waals surface area (Å²) in [6.45, 7) is 4.60. The zero-order valence-corrected chi connectivity index (χ0v) is 11.6. The molecule has 19 heavy (non-hydrogen) atoms. The standard InChI is InChI=1S/C13H21N5O/c1-10-16-11(17-19-10)8-15-12(14-2)18-7-6-13(9-18)4-3-5-13/h3-9H2,1-2H3,(H,14,15). The topological polar surface area (TPSA) is 66.5 Å². The summed E-state index contributed by atoms with van der Waals surface area (Å²) < 4.78 is 4.96. The Balaban J connectivity index is 1.56. The molecule has 0 unspecified atom stereocenters. The van der Waals surface area contributed by atoms with Crippen molar-refractivity contribution in [3.8, 4) is 0 Å². The Morgan fingerprint density at radius 3 is 2.84 bits per heavy atom. The smallest absolute Gasteiger partial charge is 0.223 e. The fourth-order valence-electron chi connectivity index (χ4n) is 3.10. The van der Waals surface area contributed by atoms with Crippen LogP contribution in [-0.2, 0) is 6.54 Å². The Hall–Kier alpha value is -1.59. The van der Waals surface area contributed by atoms with Gasteiger partial charge in [-0.3, -0.25) is 4.99 Å². The summed E-state index contributed by atoms with van der Waals surface area (Å²) in [6.07, 6.45) is 5.45. The number of guanidine groups is 1. The molecule has 0 aromatic carbocycles. The number of nitrogens with zero attached hydrogens (tertiary/aromatic N) is 4. The normalized spacial score (nSPS) is 21.8. The number of rotatable bonds is 2. The lowest BCUT2D eigenvalue weighted by molar-refractivity contribution is 0.151. The van der Waals surface area contributed by atoms with Crippen molar-refractivity contribution in [1.82, 2.24) is 20.4 Å². The van der Waals surface area contributed by atoms with Crippen molar-refractivity contribution in [1.29, 1.82) is 0 Å². The van der Waals surface area contributed by atoms with E-state index < -0.39 is 0 Å². The predicted molar refractivity (Wildman–Crippen MR) is 71.7 cm³/mol. The molecule has 1 saturated heterocycles. The molecule has 1 aliphatic heterocycles. The fraction of sp³-hybridized carbons (Fsp3) is 0.769. The zero-order valence-electron chi connectivity index (χ0n) is 11.6. The van der Waals surface area contributed by atoms with Gasteiger partial charge < -0.3 is 14.7 Å². The van der Waals surface area contributed by atoms with Crippen LogP contribution in [-0.4, -0.2) is 41.1 Å². The molecule has 6 heteroatoms. The molecule has 1 aliphatic carbocycles. The maximum atomic E-state index is 4.96. The van der Waals surface area contributed by atoms with Gasteiger partial charge in [0.2, 0.25) is 5.89 Å². The lowest BCUT2D eigenvalue weighted by atomic mass is 9.68. The van der Waals surface area contributed by atoms with Gasteiger partial charge in [0.1, 0.15) is 0 Å². The second-order valence-electron chi connectivity index (χ2n) is 5.66. The van der Waals surface area contributed by atoms with Crippen LogP contribution in [0, 0.1) is 12.3 Å². The molecule has 1 aromatic heterocycles. The van der Waals surface area contributed by atoms with Crippen LogP contribution < -0.4 is 5.32 Å². The van der Waals surface area contributed by atoms with Gasteiger partial charge in [-0.05, 0) is 24.7 Å². The van der Waals surface area contributed by atoms with E-state index >= 15 is 0 Å². The molecule has 1 N–H and O–H groups in total. The molecule has 1 spiro atoms. The van der Waals surface area contributed by atoms with Crippen molar-refractivity contribution < 1.29 is 4.52 Å². The third kappa shape index (κ3) is 2.43. The Morgan fingerprint density at radius 1 is 1.47 bits per heavy atom. The minimum Gasteiger partial charge on any atom is -0.349 e. The monoisotopic (exact) mass is 263 g/mol. The molecular formula is C13H21N5O. The largest absolute Gasteiger partial charge is 0.349 e. The molecule has 0 amide bonds. The molecule has 2 heterocycles. The summed E-state index contributed by atoms with van der Waals surface area (Å²) in [7, 11) is 1.83. The van der Waals surface area contributed by atoms with E-state index in [-0.39, 0.29) is 0 Å². The van der Waals surface area contributed by atoms with Crippen molar-refractivity contribution >= 4 is 5.96 Å². The van der Waals surface area contributed by atoms with Gasteiger partial charge in [0.15, 0.2) is 11.8 Å². The average molecular weight is 263 g/mol. The molecule has 6 nitrogen and oxygen atoms in total. The van der Waals surface area contributed by atoms with Crippen molar-refractivity contribution in [2.75, 3.05) is 20.1 Å². The molecule has 1 aromatic rings. The quantitative estimate of drug-likeness (QED) is 0.644. The van der Waals surface area contributed by atoms with E-state index in [1.165, 1.54) is 25.7 Å². The van der Waals surface area contributed by atoms with E-state index in [9.17, 15) is 0 Å². The van der Waals surface area contributed by atoms with Gasteiger partial charge in [-0.25, -0.2) is 0 Å². The SMILES string of the molecule is CN=C(NCc1noc(C)n1)N1CCC2(CCC2)C1. The summed E-state index contributed by atoms with van der Waals surface area (Å²) in [5.74, 6) is 2.23. The van der Waals surface area contributed by atoms with Crippen LogP contribution >= 0.6 is 0 Å². The maximum Gasteiger partial charge on any atom is 0.223 e. The number of aryl methyl sites for hydroxylation is 1. The van der Waals surface area contributed by atoms with Crippen LogP contribution in [0.25, 0.3) is 0 Å². The van der Waals surface area contributed by atoms with Crippen LogP contribution in [0.3, 0.4) is 0 Å². The lowest BCUT2D eigenvalue weighted by Crippen LogP contribution is -2.42. The van der Waals surface area contributed by atoms with Gasteiger partial charge >= 0.3 is 0 Å². The third-order valence-corrected chi connectivity index (χ3v) is 4.34. The van der Waals surface area contributed by atoms with E-state index in [0.717, 1.165) is 19.0 Å². The summed E-state index contributed by atoms with van der Waals surface area (Å²) in [6, 6.07) is 0. The number of aromatic nitrogens is 2. The van der Waals surface area contributed by atoms with E-state index in [4.69, 9.17) is 4.52 Å². The number of hydrogen-bond donors (Lipinski definition) is 1. The minimum absolute atomic E-state index is 0.563. The van der Waals surface area contributed by atoms with E-state index in [1.807, 2.05) is 7.05 Å². The summed E-state index contributed by atoms with van der Waals surface area (Å²) in [5.41, 5.74) is 0.584. The average Bonchev–Trinajstić information content (AvgIpc) is 2.96. The lowest BCUT2D eigenvalue weighted by Gasteiger charge is -2.38. The van der Waals surface area contributed by atoms with Crippen molar-refractivity contribution in [2.45, 2.75) is 39.2 Å². The van der Waals surface area contributed by atoms with Crippen molar-refractivity contribution in [3.05, 3.63) is 11.7 Å². The number of likely N-dealkylation sites (tertiary alicyclic amines) is 1. The first-order valence-electron chi connectivity index (χ1n) is 6.96. The second kappa shape index (κ2) is 4.83. The van der Waals surface area contributed by atoms with Crippen LogP contribution in [0.2, 0.25) is 0 Å². The molecule has 1 saturated carbocycles. The highest BCUT2D eigenvalue weighted by Crippen LogP contribution is 2.47. The first-order chi connectivity index (χ1) is 9.21. The van der Waals surface area contributed by atoms with Crippen LogP contribution in [0.1, 0.15) is 37.4 Å². The first kappa shape index (κ1) is 12.4. The Morgan fingerprint density at radius 2 is 2.32 bits per heavy atom. The number of hydrogen-bond acceptors (Lipinski definition) is 4. The van der Waals surface area contributed by atoms with Gasteiger partial charge in [-0.15, -0.1) is 0 Å². The first-order valence-corrected chi connectivity index (χ1v) is 6.96. The third-order valence-electron chi connectivity index (χ3n) is 4.34. The maximum absolute atomic E-state index is 4.96. The van der Waals surface area contributed by atoms with Gasteiger partial charge in [-0.1, -0.05) is 11.6 Å². The highest BCUT2D eigenvalue weighted by atomic mass is 16.5. The van der Waals surface area contributed by atoms with E-state index in [1.54, 1.807) is 6.92 Å². The van der Waals surface area contributed by atoms with Crippen LogP contribution in [0.4, 0.5) is 0 Å². The van der Waals surface area contributed by atoms with Crippen LogP contribution in [0.15, 0.2) is 9.52 Å². The Kier molecular flexibility index (Phi) is 3.16. The van der Waals surface area contributed by atoms with Gasteiger partial charge in [-0.2, -0.15) is 4.98 Å². The second-order valence-corrected chi connectivity index (χ2v) is 5.66.